The van der Waals surface area contributed by atoms with Crippen LogP contribution in [-0.2, 0) is 4.79 Å². The second-order valence-electron chi connectivity index (χ2n) is 7.10. The topological polar surface area (TPSA) is 71.3 Å². The molecule has 1 N–H and O–H groups in total. The second kappa shape index (κ2) is 8.14. The average Bonchev–Trinajstić information content (AvgIpc) is 3.34. The first kappa shape index (κ1) is 19.3. The first-order valence-electron chi connectivity index (χ1n) is 9.39. The zero-order valence-corrected chi connectivity index (χ0v) is 17.4. The first-order chi connectivity index (χ1) is 14.0. The lowest BCUT2D eigenvalue weighted by molar-refractivity contribution is -0.117. The van der Waals surface area contributed by atoms with E-state index in [2.05, 4.69) is 28.4 Å². The van der Waals surface area contributed by atoms with Gasteiger partial charge in [0.05, 0.1) is 22.8 Å². The molecule has 6 nitrogen and oxygen atoms in total. The quantitative estimate of drug-likeness (QED) is 0.494. The van der Waals surface area contributed by atoms with E-state index in [1.165, 1.54) is 5.56 Å². The van der Waals surface area contributed by atoms with Gasteiger partial charge in [-0.3, -0.25) is 15.0 Å². The molecule has 29 heavy (non-hydrogen) atoms. The normalized spacial score (nSPS) is 12.4. The Morgan fingerprint density at radius 3 is 2.72 bits per heavy atom. The van der Waals surface area contributed by atoms with E-state index < -0.39 is 0 Å². The highest BCUT2D eigenvalue weighted by Crippen LogP contribution is 2.28. The number of nitrogens with zero attached hydrogens (tertiary/aromatic N) is 3. The summed E-state index contributed by atoms with van der Waals surface area (Å²) in [6.45, 7) is 4.30. The van der Waals surface area contributed by atoms with E-state index in [0.717, 1.165) is 20.8 Å². The fourth-order valence-corrected chi connectivity index (χ4v) is 4.08. The van der Waals surface area contributed by atoms with Gasteiger partial charge in [-0.05, 0) is 33.0 Å². The molecule has 4 aromatic rings. The number of likely N-dealkylation sites (N-methyl/N-ethyl adjacent to an activating group) is 1. The van der Waals surface area contributed by atoms with Crippen LogP contribution >= 0.6 is 11.3 Å². The number of nitrogens with one attached hydrogen (secondary N) is 1. The van der Waals surface area contributed by atoms with Crippen molar-refractivity contribution in [2.75, 3.05) is 18.9 Å². The third kappa shape index (κ3) is 4.36. The molecule has 1 amide bonds. The molecule has 0 aliphatic heterocycles. The number of para-hydroxylation sites is 1. The van der Waals surface area contributed by atoms with Crippen LogP contribution < -0.4 is 5.32 Å². The molecule has 0 fully saturated rings. The van der Waals surface area contributed by atoms with Gasteiger partial charge in [0, 0.05) is 11.6 Å². The minimum absolute atomic E-state index is 0.0241. The smallest absolute Gasteiger partial charge is 0.240 e. The number of amides is 1. The van der Waals surface area contributed by atoms with Crippen LogP contribution in [0, 0.1) is 6.92 Å². The maximum absolute atomic E-state index is 12.5. The number of aryl methyl sites for hydroxylation is 1. The number of thiazole rings is 1. The number of hydrogen-bond acceptors (Lipinski definition) is 6. The van der Waals surface area contributed by atoms with Crippen molar-refractivity contribution in [1.82, 2.24) is 15.0 Å². The van der Waals surface area contributed by atoms with E-state index in [9.17, 15) is 4.79 Å². The van der Waals surface area contributed by atoms with Crippen molar-refractivity contribution in [1.29, 1.82) is 0 Å². The van der Waals surface area contributed by atoms with Crippen LogP contribution in [-0.4, -0.2) is 34.5 Å². The number of carbonyl (C=O) groups excluding carboxylic acids is 1. The molecule has 0 aliphatic carbocycles. The number of fused-ring (bicyclic) bond motifs is 1. The van der Waals surface area contributed by atoms with Crippen molar-refractivity contribution >= 4 is 33.3 Å². The van der Waals surface area contributed by atoms with Gasteiger partial charge in [-0.2, -0.15) is 0 Å². The summed E-state index contributed by atoms with van der Waals surface area (Å²) in [4.78, 5) is 19.1. The number of aromatic nitrogens is 2. The van der Waals surface area contributed by atoms with Crippen LogP contribution in [0.2, 0.25) is 0 Å². The van der Waals surface area contributed by atoms with Gasteiger partial charge in [-0.25, -0.2) is 4.98 Å². The highest BCUT2D eigenvalue weighted by Gasteiger charge is 2.19. The largest absolute Gasteiger partial charge is 0.338 e. The Balaban J connectivity index is 1.38. The molecule has 2 aromatic heterocycles. The maximum Gasteiger partial charge on any atom is 0.240 e. The van der Waals surface area contributed by atoms with Gasteiger partial charge in [0.1, 0.15) is 10.7 Å². The number of anilines is 1. The Hall–Kier alpha value is -3.03. The number of benzene rings is 2. The molecular formula is C22H22N4O2S. The van der Waals surface area contributed by atoms with Crippen LogP contribution in [0.1, 0.15) is 23.5 Å². The summed E-state index contributed by atoms with van der Waals surface area (Å²) < 4.78 is 6.43. The Bertz CT molecular complexity index is 1100. The number of hydrogen-bond donors (Lipinski definition) is 1. The standard InChI is InChI=1S/C22H22N4O2S/c1-14-8-10-16(11-9-14)18-12-21(28-25-18)24-20(27)13-26(3)15(2)22-23-17-6-4-5-7-19(17)29-22/h4-12,15H,13H2,1-3H3,(H,24,27)/t15-/m0/s1. The van der Waals surface area contributed by atoms with Crippen molar-refractivity contribution in [2.24, 2.45) is 0 Å². The predicted molar refractivity (Wildman–Crippen MR) is 116 cm³/mol. The van der Waals surface area contributed by atoms with Crippen LogP contribution in [0.25, 0.3) is 21.5 Å². The minimum Gasteiger partial charge on any atom is -0.338 e. The predicted octanol–water partition coefficient (Wildman–Crippen LogP) is 4.89. The van der Waals surface area contributed by atoms with E-state index in [1.807, 2.05) is 61.3 Å². The molecule has 0 unspecified atom stereocenters. The number of carbonyl (C=O) groups is 1. The van der Waals surface area contributed by atoms with E-state index in [0.29, 0.717) is 11.6 Å². The van der Waals surface area contributed by atoms with Gasteiger partial charge in [0.25, 0.3) is 0 Å². The number of rotatable bonds is 6. The van der Waals surface area contributed by atoms with Crippen molar-refractivity contribution in [3.05, 3.63) is 65.2 Å². The molecule has 4 rings (SSSR count). The summed E-state index contributed by atoms with van der Waals surface area (Å²) in [5, 5.41) is 7.81. The lowest BCUT2D eigenvalue weighted by atomic mass is 10.1. The monoisotopic (exact) mass is 406 g/mol. The SMILES string of the molecule is Cc1ccc(-c2cc(NC(=O)CN(C)[C@@H](C)c3nc4ccccc4s3)on2)cc1. The van der Waals surface area contributed by atoms with E-state index >= 15 is 0 Å². The zero-order valence-electron chi connectivity index (χ0n) is 16.5. The highest BCUT2D eigenvalue weighted by atomic mass is 32.1. The maximum atomic E-state index is 12.5. The minimum atomic E-state index is -0.160. The van der Waals surface area contributed by atoms with Crippen molar-refractivity contribution < 1.29 is 9.32 Å². The highest BCUT2D eigenvalue weighted by molar-refractivity contribution is 7.18. The fraction of sp³-hybridized carbons (Fsp3) is 0.227. The van der Waals surface area contributed by atoms with Crippen LogP contribution in [0.5, 0.6) is 0 Å². The molecule has 0 bridgehead atoms. The van der Waals surface area contributed by atoms with E-state index in [1.54, 1.807) is 17.4 Å². The van der Waals surface area contributed by atoms with Crippen molar-refractivity contribution in [3.63, 3.8) is 0 Å². The Kier molecular flexibility index (Phi) is 5.42. The Labute approximate surface area is 173 Å². The summed E-state index contributed by atoms with van der Waals surface area (Å²) in [7, 11) is 1.91. The van der Waals surface area contributed by atoms with Gasteiger partial charge in [-0.15, -0.1) is 11.3 Å². The third-order valence-electron chi connectivity index (χ3n) is 4.84. The van der Waals surface area contributed by atoms with Gasteiger partial charge in [0.2, 0.25) is 11.8 Å². The summed E-state index contributed by atoms with van der Waals surface area (Å²) in [5.41, 5.74) is 3.80. The molecular weight excluding hydrogens is 384 g/mol. The van der Waals surface area contributed by atoms with E-state index in [4.69, 9.17) is 4.52 Å². The van der Waals surface area contributed by atoms with Gasteiger partial charge in [-0.1, -0.05) is 47.1 Å². The molecule has 148 valence electrons. The summed E-state index contributed by atoms with van der Waals surface area (Å²) in [5.74, 6) is 0.179. The average molecular weight is 407 g/mol. The van der Waals surface area contributed by atoms with Gasteiger partial charge < -0.3 is 4.52 Å². The Morgan fingerprint density at radius 2 is 1.97 bits per heavy atom. The Morgan fingerprint density at radius 1 is 1.21 bits per heavy atom. The first-order valence-corrected chi connectivity index (χ1v) is 10.2. The second-order valence-corrected chi connectivity index (χ2v) is 8.16. The third-order valence-corrected chi connectivity index (χ3v) is 6.05. The van der Waals surface area contributed by atoms with Crippen LogP contribution in [0.3, 0.4) is 0 Å². The van der Waals surface area contributed by atoms with Crippen LogP contribution in [0.4, 0.5) is 5.88 Å². The molecule has 0 spiro atoms. The fourth-order valence-electron chi connectivity index (χ4n) is 2.99. The summed E-state index contributed by atoms with van der Waals surface area (Å²) in [6.07, 6.45) is 0. The molecule has 7 heteroatoms. The molecule has 0 aliphatic rings. The lowest BCUT2D eigenvalue weighted by Crippen LogP contribution is -2.32. The summed E-state index contributed by atoms with van der Waals surface area (Å²) in [6, 6.07) is 17.8. The molecule has 0 radical (unpaired) electrons. The molecule has 0 saturated heterocycles. The molecule has 0 saturated carbocycles. The molecule has 2 heterocycles. The zero-order chi connectivity index (χ0) is 20.4. The van der Waals surface area contributed by atoms with E-state index in [-0.39, 0.29) is 18.5 Å². The summed E-state index contributed by atoms with van der Waals surface area (Å²) >= 11 is 1.65. The van der Waals surface area contributed by atoms with Gasteiger partial charge in [0.15, 0.2) is 0 Å². The van der Waals surface area contributed by atoms with Crippen molar-refractivity contribution in [2.45, 2.75) is 19.9 Å². The van der Waals surface area contributed by atoms with Crippen LogP contribution in [0.15, 0.2) is 59.1 Å². The van der Waals surface area contributed by atoms with Crippen molar-refractivity contribution in [3.8, 4) is 11.3 Å². The lowest BCUT2D eigenvalue weighted by Gasteiger charge is -2.21. The van der Waals surface area contributed by atoms with Gasteiger partial charge >= 0.3 is 0 Å². The molecule has 2 aromatic carbocycles. The molecule has 1 atom stereocenters.